The molecule has 0 radical (unpaired) electrons. The van der Waals surface area contributed by atoms with Crippen molar-refractivity contribution in [1.82, 2.24) is 5.32 Å². The molecule has 24 heavy (non-hydrogen) atoms. The number of nitro benzene ring substituents is 1. The third-order valence-corrected chi connectivity index (χ3v) is 3.59. The van der Waals surface area contributed by atoms with E-state index in [-0.39, 0.29) is 34.5 Å². The smallest absolute Gasteiger partial charge is 0.334 e. The fourth-order valence-electron chi connectivity index (χ4n) is 2.62. The molecule has 9 nitrogen and oxygen atoms in total. The van der Waals surface area contributed by atoms with E-state index >= 15 is 0 Å². The minimum absolute atomic E-state index is 0.0890. The van der Waals surface area contributed by atoms with Gasteiger partial charge in [-0.05, 0) is 12.5 Å². The Morgan fingerprint density at radius 3 is 2.38 bits per heavy atom. The molecule has 1 heterocycles. The van der Waals surface area contributed by atoms with Crippen LogP contribution in [-0.4, -0.2) is 33.4 Å². The summed E-state index contributed by atoms with van der Waals surface area (Å²) in [5.41, 5.74) is -1.19. The number of rotatable bonds is 5. The number of nitrogens with one attached hydrogen (secondary N) is 1. The Morgan fingerprint density at radius 2 is 1.88 bits per heavy atom. The first-order chi connectivity index (χ1) is 11.3. The lowest BCUT2D eigenvalue weighted by molar-refractivity contribution is -0.384. The topological polar surface area (TPSA) is 147 Å². The Kier molecular flexibility index (Phi) is 4.45. The van der Waals surface area contributed by atoms with Gasteiger partial charge in [0.15, 0.2) is 6.29 Å². The van der Waals surface area contributed by atoms with Crippen LogP contribution in [0.5, 0.6) is 0 Å². The molecule has 0 spiro atoms. The van der Waals surface area contributed by atoms with Crippen molar-refractivity contribution in [1.29, 1.82) is 0 Å². The van der Waals surface area contributed by atoms with Gasteiger partial charge in [-0.3, -0.25) is 14.9 Å². The summed E-state index contributed by atoms with van der Waals surface area (Å²) in [6, 6.07) is 5.00. The lowest BCUT2D eigenvalue weighted by Gasteiger charge is -2.27. The summed E-state index contributed by atoms with van der Waals surface area (Å²) < 4.78 is 0. The maximum absolute atomic E-state index is 11.6. The fraction of sp³-hybridized carbons (Fsp3) is 0.133. The van der Waals surface area contributed by atoms with E-state index in [0.717, 1.165) is 6.07 Å². The molecular formula is C15H12N2O7. The maximum Gasteiger partial charge on any atom is 0.334 e. The van der Waals surface area contributed by atoms with E-state index in [1.165, 1.54) is 25.1 Å². The third-order valence-electron chi connectivity index (χ3n) is 3.59. The van der Waals surface area contributed by atoms with Gasteiger partial charge >= 0.3 is 11.9 Å². The van der Waals surface area contributed by atoms with Gasteiger partial charge in [0.2, 0.25) is 0 Å². The molecular weight excluding hydrogens is 320 g/mol. The minimum Gasteiger partial charge on any atom is -0.478 e. The van der Waals surface area contributed by atoms with Crippen LogP contribution in [0.4, 0.5) is 5.69 Å². The Hall–Kier alpha value is -3.49. The van der Waals surface area contributed by atoms with Crippen molar-refractivity contribution in [3.05, 3.63) is 62.5 Å². The second-order valence-corrected chi connectivity index (χ2v) is 5.00. The van der Waals surface area contributed by atoms with Crippen LogP contribution < -0.4 is 5.32 Å². The summed E-state index contributed by atoms with van der Waals surface area (Å²) in [7, 11) is 0. The zero-order valence-corrected chi connectivity index (χ0v) is 12.3. The van der Waals surface area contributed by atoms with Crippen LogP contribution in [0, 0.1) is 10.1 Å². The van der Waals surface area contributed by atoms with Crippen LogP contribution in [0.2, 0.25) is 0 Å². The number of nitrogens with zero attached hydrogens (tertiary/aromatic N) is 1. The number of carboxylic acid groups (broad SMARTS) is 2. The molecule has 1 atom stereocenters. The van der Waals surface area contributed by atoms with Gasteiger partial charge in [-0.25, -0.2) is 9.59 Å². The number of carbonyl (C=O) groups is 3. The van der Waals surface area contributed by atoms with Crippen molar-refractivity contribution < 1.29 is 29.5 Å². The number of hydrogen-bond donors (Lipinski definition) is 3. The van der Waals surface area contributed by atoms with E-state index in [0.29, 0.717) is 0 Å². The summed E-state index contributed by atoms with van der Waals surface area (Å²) in [5.74, 6) is -4.20. The molecule has 0 fully saturated rings. The quantitative estimate of drug-likeness (QED) is 0.413. The summed E-state index contributed by atoms with van der Waals surface area (Å²) in [5, 5.41) is 32.3. The van der Waals surface area contributed by atoms with Crippen molar-refractivity contribution in [2.75, 3.05) is 0 Å². The maximum atomic E-state index is 11.6. The Balaban J connectivity index is 2.77. The largest absolute Gasteiger partial charge is 0.478 e. The zero-order valence-electron chi connectivity index (χ0n) is 12.3. The average molecular weight is 332 g/mol. The number of aliphatic carboxylic acids is 2. The lowest BCUT2D eigenvalue weighted by atomic mass is 9.80. The number of dihydropyridines is 1. The van der Waals surface area contributed by atoms with Gasteiger partial charge in [-0.1, -0.05) is 12.1 Å². The van der Waals surface area contributed by atoms with Crippen molar-refractivity contribution in [2.24, 2.45) is 0 Å². The Morgan fingerprint density at radius 1 is 1.25 bits per heavy atom. The number of carbonyl (C=O) groups excluding carboxylic acids is 1. The van der Waals surface area contributed by atoms with Gasteiger partial charge in [-0.15, -0.1) is 0 Å². The summed E-state index contributed by atoms with van der Waals surface area (Å²) in [6.07, 6.45) is 0.274. The number of hydrogen-bond acceptors (Lipinski definition) is 6. The average Bonchev–Trinajstić information content (AvgIpc) is 2.52. The predicted octanol–water partition coefficient (Wildman–Crippen LogP) is 1.18. The summed E-state index contributed by atoms with van der Waals surface area (Å²) >= 11 is 0. The molecule has 0 saturated heterocycles. The Bertz CT molecular complexity index is 823. The molecule has 0 aromatic heterocycles. The van der Waals surface area contributed by atoms with Crippen LogP contribution >= 0.6 is 0 Å². The number of aldehydes is 1. The number of non-ortho nitro benzene ring substituents is 1. The van der Waals surface area contributed by atoms with Crippen molar-refractivity contribution in [3.8, 4) is 0 Å². The van der Waals surface area contributed by atoms with Gasteiger partial charge < -0.3 is 15.5 Å². The molecule has 0 aliphatic carbocycles. The number of benzene rings is 1. The van der Waals surface area contributed by atoms with E-state index in [4.69, 9.17) is 0 Å². The van der Waals surface area contributed by atoms with Crippen LogP contribution in [0.25, 0.3) is 0 Å². The molecule has 1 aliphatic heterocycles. The molecule has 1 unspecified atom stereocenters. The van der Waals surface area contributed by atoms with E-state index in [2.05, 4.69) is 5.32 Å². The van der Waals surface area contributed by atoms with Gasteiger partial charge in [-0.2, -0.15) is 0 Å². The van der Waals surface area contributed by atoms with Gasteiger partial charge in [0.25, 0.3) is 5.69 Å². The zero-order chi connectivity index (χ0) is 18.0. The first-order valence-corrected chi connectivity index (χ1v) is 6.66. The van der Waals surface area contributed by atoms with E-state index < -0.39 is 28.4 Å². The predicted molar refractivity (Wildman–Crippen MR) is 80.0 cm³/mol. The SMILES string of the molecule is CC1=C(C(=O)O)C(c2cccc([N+](=O)[O-])c2)C(C(=O)O)=C(C=O)N1. The molecule has 1 aromatic carbocycles. The summed E-state index contributed by atoms with van der Waals surface area (Å²) in [6.45, 7) is 1.38. The summed E-state index contributed by atoms with van der Waals surface area (Å²) in [4.78, 5) is 44.6. The second kappa shape index (κ2) is 6.32. The van der Waals surface area contributed by atoms with Gasteiger partial charge in [0.1, 0.15) is 0 Å². The molecule has 0 amide bonds. The van der Waals surface area contributed by atoms with E-state index in [9.17, 15) is 34.7 Å². The van der Waals surface area contributed by atoms with Crippen LogP contribution in [0.3, 0.4) is 0 Å². The highest BCUT2D eigenvalue weighted by Crippen LogP contribution is 2.38. The highest BCUT2D eigenvalue weighted by atomic mass is 16.6. The molecule has 9 heteroatoms. The standard InChI is InChI=1S/C15H12N2O7/c1-7-11(14(19)20)12(13(15(21)22)10(6-18)16-7)8-3-2-4-9(5-8)17(23)24/h2-6,12,16H,1H3,(H,19,20)(H,21,22). The lowest BCUT2D eigenvalue weighted by Crippen LogP contribution is -2.32. The Labute approximate surface area is 135 Å². The van der Waals surface area contributed by atoms with Crippen molar-refractivity contribution in [2.45, 2.75) is 12.8 Å². The third kappa shape index (κ3) is 2.86. The van der Waals surface area contributed by atoms with Crippen molar-refractivity contribution >= 4 is 23.9 Å². The van der Waals surface area contributed by atoms with Crippen molar-refractivity contribution in [3.63, 3.8) is 0 Å². The van der Waals surface area contributed by atoms with Gasteiger partial charge in [0, 0.05) is 17.8 Å². The van der Waals surface area contributed by atoms with Crippen LogP contribution in [0.1, 0.15) is 18.4 Å². The number of carboxylic acids is 2. The van der Waals surface area contributed by atoms with Crippen LogP contribution in [-0.2, 0) is 14.4 Å². The molecule has 0 bridgehead atoms. The first kappa shape index (κ1) is 16.9. The number of allylic oxidation sites excluding steroid dienone is 2. The second-order valence-electron chi connectivity index (χ2n) is 5.00. The molecule has 124 valence electrons. The number of nitro groups is 1. The van der Waals surface area contributed by atoms with Gasteiger partial charge in [0.05, 0.1) is 27.7 Å². The molecule has 1 aromatic rings. The minimum atomic E-state index is -1.49. The molecule has 2 rings (SSSR count). The molecule has 0 saturated carbocycles. The highest BCUT2D eigenvalue weighted by Gasteiger charge is 2.38. The first-order valence-electron chi connectivity index (χ1n) is 6.66. The monoisotopic (exact) mass is 332 g/mol. The molecule has 3 N–H and O–H groups in total. The van der Waals surface area contributed by atoms with E-state index in [1.807, 2.05) is 0 Å². The normalized spacial score (nSPS) is 17.3. The molecule has 1 aliphatic rings. The fourth-order valence-corrected chi connectivity index (χ4v) is 2.62. The highest BCUT2D eigenvalue weighted by molar-refractivity contribution is 6.02. The van der Waals surface area contributed by atoms with E-state index in [1.54, 1.807) is 0 Å². The van der Waals surface area contributed by atoms with Crippen LogP contribution in [0.15, 0.2) is 46.8 Å².